The van der Waals surface area contributed by atoms with Gasteiger partial charge in [-0.1, -0.05) is 115 Å². The zero-order valence-corrected chi connectivity index (χ0v) is 27.2. The normalized spacial score (nSPS) is 10.5. The number of nitrogens with zero attached hydrogens (tertiary/aromatic N) is 3. The van der Waals surface area contributed by atoms with E-state index in [2.05, 4.69) is 35.3 Å². The van der Waals surface area contributed by atoms with Crippen molar-refractivity contribution in [2.24, 2.45) is 0 Å². The molecule has 0 amide bonds. The molecule has 0 radical (unpaired) electrons. The molecule has 0 spiro atoms. The van der Waals surface area contributed by atoms with Gasteiger partial charge in [-0.05, 0) is 29.3 Å². The molecule has 0 bridgehead atoms. The molecular formula is C33H22CsN3O. The molecule has 2 heterocycles. The summed E-state index contributed by atoms with van der Waals surface area (Å²) in [5.41, 5.74) is 7.96. The van der Waals surface area contributed by atoms with Gasteiger partial charge in [0, 0.05) is 28.5 Å². The molecule has 4 nitrogen and oxygen atoms in total. The maximum atomic E-state index is 12.2. The fourth-order valence-corrected chi connectivity index (χ4v) is 4.33. The van der Waals surface area contributed by atoms with Crippen molar-refractivity contribution in [1.29, 1.82) is 0 Å². The Bertz CT molecular complexity index is 1610. The monoisotopic (exact) mass is 609 g/mol. The molecule has 0 saturated heterocycles. The Balaban J connectivity index is 0.00000294. The summed E-state index contributed by atoms with van der Waals surface area (Å²) in [5.74, 6) is 0.626. The van der Waals surface area contributed by atoms with E-state index in [1.54, 1.807) is 24.4 Å². The van der Waals surface area contributed by atoms with Crippen molar-refractivity contribution in [3.63, 3.8) is 0 Å². The first-order chi connectivity index (χ1) is 18.2. The summed E-state index contributed by atoms with van der Waals surface area (Å²) in [6.07, 6.45) is 1.80. The van der Waals surface area contributed by atoms with Gasteiger partial charge in [0.2, 0.25) is 0 Å². The minimum atomic E-state index is -0.0329. The topological polar surface area (TPSA) is 61.7 Å². The van der Waals surface area contributed by atoms with E-state index in [9.17, 15) is 5.11 Å². The van der Waals surface area contributed by atoms with Crippen LogP contribution in [-0.4, -0.2) is 15.0 Å². The molecule has 0 atom stereocenters. The van der Waals surface area contributed by atoms with Gasteiger partial charge in [-0.25, -0.2) is 9.97 Å². The van der Waals surface area contributed by atoms with Gasteiger partial charge in [0.05, 0.1) is 17.1 Å². The Hall–Kier alpha value is -3.04. The smallest absolute Gasteiger partial charge is 0.872 e. The number of hydrogen-bond donors (Lipinski definition) is 0. The summed E-state index contributed by atoms with van der Waals surface area (Å²) < 4.78 is 0. The molecule has 0 aliphatic rings. The standard InChI is InChI=1S/C33H23N3O.Cs/c37-32-17-8-7-16-28(32)29-19-18-27(22-34-29)25-14-9-15-26(20-25)33-35-30(23-10-3-1-4-11-23)21-31(36-33)24-12-5-2-6-13-24;/h1-22,37H;/q;+1/p-1. The number of aromatic nitrogens is 3. The molecule has 0 fully saturated rings. The number of pyridine rings is 1. The summed E-state index contributed by atoms with van der Waals surface area (Å²) in [4.78, 5) is 14.4. The van der Waals surface area contributed by atoms with Crippen molar-refractivity contribution in [3.8, 4) is 62.0 Å². The SMILES string of the molecule is [Cs+].[O-]c1ccccc1-c1ccc(-c2cccc(-c3nc(-c4ccccc4)cc(-c4ccccc4)n3)c2)cn1. The maximum absolute atomic E-state index is 12.2. The van der Waals surface area contributed by atoms with Crippen LogP contribution in [0.1, 0.15) is 0 Å². The predicted octanol–water partition coefficient (Wildman–Crippen LogP) is 4.28. The minimum Gasteiger partial charge on any atom is -0.872 e. The van der Waals surface area contributed by atoms with E-state index in [-0.39, 0.29) is 74.6 Å². The van der Waals surface area contributed by atoms with Gasteiger partial charge < -0.3 is 5.11 Å². The van der Waals surface area contributed by atoms with Crippen LogP contribution in [0.25, 0.3) is 56.3 Å². The number of para-hydroxylation sites is 1. The van der Waals surface area contributed by atoms with Crippen LogP contribution < -0.4 is 74.0 Å². The molecular weight excluding hydrogens is 587 g/mol. The molecule has 0 aliphatic carbocycles. The third-order valence-corrected chi connectivity index (χ3v) is 6.25. The Morgan fingerprint density at radius 2 is 1.03 bits per heavy atom. The first kappa shape index (κ1) is 26.6. The zero-order valence-electron chi connectivity index (χ0n) is 21.0. The molecule has 0 N–H and O–H groups in total. The van der Waals surface area contributed by atoms with Crippen LogP contribution in [0.2, 0.25) is 0 Å². The van der Waals surface area contributed by atoms with Crippen molar-refractivity contribution >= 4 is 0 Å². The van der Waals surface area contributed by atoms with Crippen molar-refractivity contribution in [1.82, 2.24) is 15.0 Å². The van der Waals surface area contributed by atoms with Crippen LogP contribution in [0.15, 0.2) is 134 Å². The van der Waals surface area contributed by atoms with E-state index in [1.807, 2.05) is 78.9 Å². The third kappa shape index (κ3) is 5.84. The quantitative estimate of drug-likeness (QED) is 0.293. The van der Waals surface area contributed by atoms with Crippen LogP contribution in [0.5, 0.6) is 5.75 Å². The minimum absolute atomic E-state index is 0. The second-order valence-electron chi connectivity index (χ2n) is 8.70. The summed E-state index contributed by atoms with van der Waals surface area (Å²) in [5, 5.41) is 12.2. The number of rotatable bonds is 5. The summed E-state index contributed by atoms with van der Waals surface area (Å²) in [6.45, 7) is 0. The predicted molar refractivity (Wildman–Crippen MR) is 146 cm³/mol. The van der Waals surface area contributed by atoms with Crippen molar-refractivity contribution in [2.75, 3.05) is 0 Å². The Morgan fingerprint density at radius 1 is 0.447 bits per heavy atom. The van der Waals surface area contributed by atoms with E-state index < -0.39 is 0 Å². The largest absolute Gasteiger partial charge is 1.00 e. The Morgan fingerprint density at radius 3 is 1.63 bits per heavy atom. The van der Waals surface area contributed by atoms with Gasteiger partial charge >= 0.3 is 68.9 Å². The second-order valence-corrected chi connectivity index (χ2v) is 8.70. The molecule has 0 aliphatic heterocycles. The van der Waals surface area contributed by atoms with E-state index in [0.717, 1.165) is 39.2 Å². The van der Waals surface area contributed by atoms with Crippen LogP contribution >= 0.6 is 0 Å². The van der Waals surface area contributed by atoms with Crippen LogP contribution in [-0.2, 0) is 0 Å². The maximum Gasteiger partial charge on any atom is 1.00 e. The molecule has 0 unspecified atom stereocenters. The van der Waals surface area contributed by atoms with Gasteiger partial charge in [-0.2, -0.15) is 0 Å². The van der Waals surface area contributed by atoms with Gasteiger partial charge in [0.15, 0.2) is 5.82 Å². The first-order valence-corrected chi connectivity index (χ1v) is 12.1. The summed E-state index contributed by atoms with van der Waals surface area (Å²) in [7, 11) is 0. The Kier molecular flexibility index (Phi) is 8.54. The molecule has 6 rings (SSSR count). The van der Waals surface area contributed by atoms with Crippen molar-refractivity contribution in [2.45, 2.75) is 0 Å². The molecule has 2 aromatic heterocycles. The zero-order chi connectivity index (χ0) is 25.0. The average Bonchev–Trinajstić information content (AvgIpc) is 2.98. The van der Waals surface area contributed by atoms with E-state index in [0.29, 0.717) is 17.1 Å². The molecule has 38 heavy (non-hydrogen) atoms. The Labute approximate surface area is 280 Å². The molecule has 176 valence electrons. The van der Waals surface area contributed by atoms with Crippen LogP contribution in [0.3, 0.4) is 0 Å². The number of hydrogen-bond acceptors (Lipinski definition) is 4. The summed E-state index contributed by atoms with van der Waals surface area (Å²) in [6, 6.07) is 41.3. The molecule has 0 saturated carbocycles. The van der Waals surface area contributed by atoms with E-state index in [4.69, 9.17) is 9.97 Å². The van der Waals surface area contributed by atoms with Crippen LogP contribution in [0, 0.1) is 0 Å². The van der Waals surface area contributed by atoms with Gasteiger partial charge in [-0.3, -0.25) is 4.98 Å². The first-order valence-electron chi connectivity index (χ1n) is 12.1. The van der Waals surface area contributed by atoms with E-state index in [1.165, 1.54) is 0 Å². The van der Waals surface area contributed by atoms with E-state index >= 15 is 0 Å². The van der Waals surface area contributed by atoms with Crippen molar-refractivity contribution < 1.29 is 74.0 Å². The van der Waals surface area contributed by atoms with Gasteiger partial charge in [-0.15, -0.1) is 0 Å². The fraction of sp³-hybridized carbons (Fsp3) is 0. The second kappa shape index (κ2) is 12.2. The molecule has 6 aromatic rings. The third-order valence-electron chi connectivity index (χ3n) is 6.25. The fourth-order valence-electron chi connectivity index (χ4n) is 4.33. The van der Waals surface area contributed by atoms with Gasteiger partial charge in [0.1, 0.15) is 0 Å². The molecule has 5 heteroatoms. The average molecular weight is 609 g/mol. The molecule has 4 aromatic carbocycles. The van der Waals surface area contributed by atoms with Crippen molar-refractivity contribution in [3.05, 3.63) is 134 Å². The van der Waals surface area contributed by atoms with Crippen LogP contribution in [0.4, 0.5) is 0 Å². The number of benzene rings is 4. The summed E-state index contributed by atoms with van der Waals surface area (Å²) >= 11 is 0. The van der Waals surface area contributed by atoms with Gasteiger partial charge in [0.25, 0.3) is 0 Å².